The normalized spacial score (nSPS) is 15.0. The fraction of sp³-hybridized carbons (Fsp3) is 0.355. The van der Waals surface area contributed by atoms with E-state index in [2.05, 4.69) is 0 Å². The Morgan fingerprint density at radius 1 is 0.973 bits per heavy atom. The molecular weight excluding hydrogens is 484 g/mol. The molecule has 0 aliphatic heterocycles. The molecule has 2 N–H and O–H groups in total. The molecule has 0 bridgehead atoms. The summed E-state index contributed by atoms with van der Waals surface area (Å²) in [6.45, 7) is 2.18. The molecule has 0 saturated heterocycles. The van der Waals surface area contributed by atoms with E-state index < -0.39 is 17.5 Å². The van der Waals surface area contributed by atoms with Crippen molar-refractivity contribution in [1.82, 2.24) is 4.90 Å². The maximum Gasteiger partial charge on any atom is 0.308 e. The Morgan fingerprint density at radius 2 is 1.51 bits per heavy atom. The van der Waals surface area contributed by atoms with Crippen molar-refractivity contribution in [3.63, 3.8) is 0 Å². The lowest BCUT2D eigenvalue weighted by atomic mass is 9.80. The highest BCUT2D eigenvalue weighted by atomic mass is 35.5. The van der Waals surface area contributed by atoms with Crippen LogP contribution in [0.1, 0.15) is 49.3 Å². The number of amides is 1. The number of likely N-dealkylation sites (N-methyl/N-ethyl adjacent to an activating group) is 1. The van der Waals surface area contributed by atoms with Gasteiger partial charge in [-0.2, -0.15) is 0 Å². The molecule has 194 valence electrons. The molecule has 5 nitrogen and oxygen atoms in total. The number of rotatable bonds is 11. The van der Waals surface area contributed by atoms with E-state index in [0.717, 1.165) is 17.5 Å². The fourth-order valence-electron chi connectivity index (χ4n) is 4.97. The third-order valence-electron chi connectivity index (χ3n) is 7.24. The SMILES string of the molecule is C[C@H](CC(=O)OC(c1ccccc1)(c1ccccc1)c1ccccc1Cl)C(=O)N(C)[C@H](CN)CC1CC1. The largest absolute Gasteiger partial charge is 0.444 e. The summed E-state index contributed by atoms with van der Waals surface area (Å²) < 4.78 is 6.42. The van der Waals surface area contributed by atoms with E-state index >= 15 is 0 Å². The van der Waals surface area contributed by atoms with Crippen molar-refractivity contribution in [1.29, 1.82) is 0 Å². The maximum atomic E-state index is 13.6. The zero-order valence-electron chi connectivity index (χ0n) is 21.5. The first-order valence-electron chi connectivity index (χ1n) is 12.9. The van der Waals surface area contributed by atoms with Crippen LogP contribution in [-0.2, 0) is 19.9 Å². The van der Waals surface area contributed by atoms with E-state index in [1.165, 1.54) is 12.8 Å². The van der Waals surface area contributed by atoms with Crippen LogP contribution in [-0.4, -0.2) is 36.4 Å². The molecule has 0 spiro atoms. The van der Waals surface area contributed by atoms with Crippen LogP contribution in [0.15, 0.2) is 84.9 Å². The Morgan fingerprint density at radius 3 is 2.03 bits per heavy atom. The van der Waals surface area contributed by atoms with Crippen LogP contribution in [0.25, 0.3) is 0 Å². The van der Waals surface area contributed by atoms with Crippen molar-refractivity contribution in [2.75, 3.05) is 13.6 Å². The van der Waals surface area contributed by atoms with Gasteiger partial charge in [-0.1, -0.05) is 110 Å². The molecule has 1 saturated carbocycles. The number of carbonyl (C=O) groups is 2. The van der Waals surface area contributed by atoms with Crippen molar-refractivity contribution < 1.29 is 14.3 Å². The molecule has 3 aromatic carbocycles. The third-order valence-corrected chi connectivity index (χ3v) is 7.57. The van der Waals surface area contributed by atoms with E-state index in [9.17, 15) is 9.59 Å². The molecule has 37 heavy (non-hydrogen) atoms. The summed E-state index contributed by atoms with van der Waals surface area (Å²) >= 11 is 6.72. The zero-order valence-corrected chi connectivity index (χ0v) is 22.2. The highest BCUT2D eigenvalue weighted by molar-refractivity contribution is 6.31. The smallest absolute Gasteiger partial charge is 0.308 e. The standard InChI is InChI=1S/C31H35ClN2O3/c1-22(30(36)34(2)26(21-33)20-23-17-18-23)19-29(35)37-31(24-11-5-3-6-12-24,25-13-7-4-8-14-25)27-15-9-10-16-28(27)32/h3-16,22-23,26H,17-21,33H2,1-2H3/t22-,26+/m1/s1. The summed E-state index contributed by atoms with van der Waals surface area (Å²) in [4.78, 5) is 28.6. The monoisotopic (exact) mass is 518 g/mol. The van der Waals surface area contributed by atoms with E-state index in [0.29, 0.717) is 23.0 Å². The van der Waals surface area contributed by atoms with E-state index in [4.69, 9.17) is 22.1 Å². The Bertz CT molecular complexity index is 1160. The van der Waals surface area contributed by atoms with Gasteiger partial charge >= 0.3 is 5.97 Å². The molecule has 0 aromatic heterocycles. The number of benzene rings is 3. The second-order valence-corrected chi connectivity index (χ2v) is 10.4. The molecular formula is C31H35ClN2O3. The molecule has 2 atom stereocenters. The van der Waals surface area contributed by atoms with Crippen LogP contribution < -0.4 is 5.73 Å². The van der Waals surface area contributed by atoms with Crippen LogP contribution in [0.2, 0.25) is 5.02 Å². The highest BCUT2D eigenvalue weighted by Gasteiger charge is 2.42. The van der Waals surface area contributed by atoms with Crippen LogP contribution in [0.5, 0.6) is 0 Å². The quantitative estimate of drug-likeness (QED) is 0.258. The number of carbonyl (C=O) groups excluding carboxylic acids is 2. The van der Waals surface area contributed by atoms with Gasteiger partial charge in [-0.15, -0.1) is 0 Å². The van der Waals surface area contributed by atoms with Crippen LogP contribution in [0.3, 0.4) is 0 Å². The maximum absolute atomic E-state index is 13.6. The van der Waals surface area contributed by atoms with Gasteiger partial charge in [0.2, 0.25) is 5.91 Å². The highest BCUT2D eigenvalue weighted by Crippen LogP contribution is 2.44. The van der Waals surface area contributed by atoms with Gasteiger partial charge in [0, 0.05) is 47.3 Å². The topological polar surface area (TPSA) is 72.6 Å². The second kappa shape index (κ2) is 11.9. The first-order chi connectivity index (χ1) is 17.9. The number of hydrogen-bond donors (Lipinski definition) is 1. The predicted molar refractivity (Wildman–Crippen MR) is 147 cm³/mol. The number of ether oxygens (including phenoxy) is 1. The van der Waals surface area contributed by atoms with Crippen LogP contribution in [0, 0.1) is 11.8 Å². The molecule has 0 radical (unpaired) electrons. The minimum atomic E-state index is -1.28. The Labute approximate surface area is 224 Å². The number of halogens is 1. The Kier molecular flexibility index (Phi) is 8.67. The van der Waals surface area contributed by atoms with Gasteiger partial charge in [0.05, 0.1) is 6.42 Å². The molecule has 1 aliphatic rings. The third kappa shape index (κ3) is 6.06. The summed E-state index contributed by atoms with van der Waals surface area (Å²) in [5, 5.41) is 0.484. The van der Waals surface area contributed by atoms with Crippen molar-refractivity contribution in [2.45, 2.75) is 44.2 Å². The van der Waals surface area contributed by atoms with Gasteiger partial charge in [-0.3, -0.25) is 9.59 Å². The van der Waals surface area contributed by atoms with Gasteiger partial charge in [-0.25, -0.2) is 0 Å². The van der Waals surface area contributed by atoms with Crippen LogP contribution >= 0.6 is 11.6 Å². The number of esters is 1. The average Bonchev–Trinajstić information content (AvgIpc) is 3.75. The molecule has 4 rings (SSSR count). The van der Waals surface area contributed by atoms with Gasteiger partial charge in [0.25, 0.3) is 0 Å². The lowest BCUT2D eigenvalue weighted by Crippen LogP contribution is -2.45. The minimum Gasteiger partial charge on any atom is -0.444 e. The van der Waals surface area contributed by atoms with Gasteiger partial charge < -0.3 is 15.4 Å². The molecule has 0 heterocycles. The Balaban J connectivity index is 1.65. The second-order valence-electron chi connectivity index (χ2n) is 9.99. The summed E-state index contributed by atoms with van der Waals surface area (Å²) in [7, 11) is 1.78. The number of hydrogen-bond acceptors (Lipinski definition) is 4. The number of nitrogens with zero attached hydrogens (tertiary/aromatic N) is 1. The molecule has 6 heteroatoms. The van der Waals surface area contributed by atoms with Crippen LogP contribution in [0.4, 0.5) is 0 Å². The van der Waals surface area contributed by atoms with Gasteiger partial charge in [0.1, 0.15) is 0 Å². The van der Waals surface area contributed by atoms with Gasteiger partial charge in [-0.05, 0) is 18.4 Å². The molecule has 1 amide bonds. The van der Waals surface area contributed by atoms with Gasteiger partial charge in [0.15, 0.2) is 5.60 Å². The van der Waals surface area contributed by atoms with E-state index in [-0.39, 0.29) is 18.4 Å². The van der Waals surface area contributed by atoms with Crippen molar-refractivity contribution >= 4 is 23.5 Å². The molecule has 0 unspecified atom stereocenters. The fourth-order valence-corrected chi connectivity index (χ4v) is 5.24. The van der Waals surface area contributed by atoms with Crippen molar-refractivity contribution in [3.8, 4) is 0 Å². The average molecular weight is 519 g/mol. The van der Waals surface area contributed by atoms with E-state index in [1.54, 1.807) is 24.9 Å². The van der Waals surface area contributed by atoms with E-state index in [1.807, 2.05) is 78.9 Å². The molecule has 3 aromatic rings. The first-order valence-corrected chi connectivity index (χ1v) is 13.3. The Hall–Kier alpha value is -3.15. The lowest BCUT2D eigenvalue weighted by molar-refractivity contribution is -0.157. The predicted octanol–water partition coefficient (Wildman–Crippen LogP) is 5.79. The minimum absolute atomic E-state index is 0.0191. The zero-order chi connectivity index (χ0) is 26.4. The number of nitrogens with two attached hydrogens (primary N) is 1. The molecule has 1 fully saturated rings. The van der Waals surface area contributed by atoms with Crippen molar-refractivity contribution in [2.24, 2.45) is 17.6 Å². The summed E-state index contributed by atoms with van der Waals surface area (Å²) in [5.41, 5.74) is 6.90. The summed E-state index contributed by atoms with van der Waals surface area (Å²) in [6.07, 6.45) is 3.25. The molecule has 1 aliphatic carbocycles. The lowest BCUT2D eigenvalue weighted by Gasteiger charge is -2.36. The van der Waals surface area contributed by atoms with Crippen molar-refractivity contribution in [3.05, 3.63) is 107 Å². The summed E-state index contributed by atoms with van der Waals surface area (Å²) in [5.74, 6) is -0.484. The summed E-state index contributed by atoms with van der Waals surface area (Å²) in [6, 6.07) is 26.5. The first kappa shape index (κ1) is 26.9.